The zero-order chi connectivity index (χ0) is 23.6. The second kappa shape index (κ2) is 15.6. The van der Waals surface area contributed by atoms with E-state index in [1.54, 1.807) is 0 Å². The maximum Gasteiger partial charge on any atom is 1.00 e. The van der Waals surface area contributed by atoms with E-state index in [-0.39, 0.29) is 53.2 Å². The number of carbonyl (C=O) groups is 2. The molecule has 0 aliphatic rings. The van der Waals surface area contributed by atoms with Crippen molar-refractivity contribution in [3.05, 3.63) is 0 Å². The van der Waals surface area contributed by atoms with Gasteiger partial charge in [0, 0.05) is 0 Å². The molecule has 0 spiro atoms. The van der Waals surface area contributed by atoms with Gasteiger partial charge in [-0.25, -0.2) is 8.42 Å². The molecule has 0 aromatic heterocycles. The first-order chi connectivity index (χ1) is 13.6. The Morgan fingerprint density at radius 3 is 1.32 bits per heavy atom. The largest absolute Gasteiger partial charge is 1.00 e. The van der Waals surface area contributed by atoms with Gasteiger partial charge in [0.1, 0.15) is 22.3 Å². The van der Waals surface area contributed by atoms with E-state index in [9.17, 15) is 22.6 Å². The van der Waals surface area contributed by atoms with Crippen LogP contribution in [0.4, 0.5) is 0 Å². The Hall–Kier alpha value is -0.150. The Labute approximate surface area is 211 Å². The van der Waals surface area contributed by atoms with Crippen LogP contribution >= 0.6 is 0 Å². The van der Waals surface area contributed by atoms with E-state index in [1.807, 2.05) is 55.4 Å². The maximum absolute atomic E-state index is 12.5. The molecule has 0 unspecified atom stereocenters. The Morgan fingerprint density at radius 2 is 1.03 bits per heavy atom. The van der Waals surface area contributed by atoms with E-state index in [0.29, 0.717) is 25.7 Å². The molecule has 0 saturated carbocycles. The summed E-state index contributed by atoms with van der Waals surface area (Å²) in [5.41, 5.74) is 0. The van der Waals surface area contributed by atoms with E-state index >= 15 is 0 Å². The van der Waals surface area contributed by atoms with Gasteiger partial charge in [-0.15, -0.1) is 0 Å². The average molecular weight is 473 g/mol. The molecule has 0 aliphatic heterocycles. The van der Waals surface area contributed by atoms with E-state index in [1.165, 1.54) is 0 Å². The SMILES string of the molecule is CC(C)CC(CC(C)C)OC(=O)C[C@@H](C(=O)OC(CC(C)C)CC(C)C)S(=O)(=O)[O-].[Na+]. The minimum Gasteiger partial charge on any atom is -0.747 e. The zero-order valence-corrected chi connectivity index (χ0v) is 23.7. The number of esters is 2. The number of hydrogen-bond donors (Lipinski definition) is 0. The minimum atomic E-state index is -5.07. The fraction of sp³-hybridized carbons (Fsp3) is 0.909. The van der Waals surface area contributed by atoms with E-state index < -0.39 is 45.9 Å². The molecule has 0 radical (unpaired) electrons. The summed E-state index contributed by atoms with van der Waals surface area (Å²) in [6, 6.07) is 0. The maximum atomic E-state index is 12.5. The first-order valence-electron chi connectivity index (χ1n) is 11.0. The Kier molecular flexibility index (Phi) is 16.7. The van der Waals surface area contributed by atoms with Crippen LogP contribution in [-0.2, 0) is 29.2 Å². The first kappa shape index (κ1) is 33.0. The van der Waals surface area contributed by atoms with Crippen LogP contribution in [0.5, 0.6) is 0 Å². The normalized spacial score (nSPS) is 13.3. The summed E-state index contributed by atoms with van der Waals surface area (Å²) in [6.07, 6.45) is 0.607. The van der Waals surface area contributed by atoms with Gasteiger partial charge in [-0.1, -0.05) is 55.4 Å². The second-order valence-electron chi connectivity index (χ2n) is 9.87. The van der Waals surface area contributed by atoms with Crippen molar-refractivity contribution in [1.29, 1.82) is 0 Å². The standard InChI is InChI=1S/C22H42O7S.Na/c1-14(2)9-18(10-15(3)4)28-21(23)13-20(30(25,26)27)22(24)29-19(11-16(5)6)12-17(7)8;/h14-20H,9-13H2,1-8H3,(H,25,26,27);/q;+1/p-1/t20-;/m0./s1. The molecule has 0 aromatic rings. The number of carbonyl (C=O) groups excluding carboxylic acids is 2. The number of hydrogen-bond acceptors (Lipinski definition) is 7. The summed E-state index contributed by atoms with van der Waals surface area (Å²) in [5.74, 6) is -1.04. The number of ether oxygens (including phenoxy) is 2. The van der Waals surface area contributed by atoms with Crippen molar-refractivity contribution in [2.75, 3.05) is 0 Å². The molecule has 178 valence electrons. The third-order valence-electron chi connectivity index (χ3n) is 4.48. The van der Waals surface area contributed by atoms with Gasteiger partial charge in [0.25, 0.3) is 0 Å². The molecular formula is C22H41NaO7S. The third-order valence-corrected chi connectivity index (χ3v) is 5.54. The van der Waals surface area contributed by atoms with Crippen molar-refractivity contribution in [2.45, 2.75) is 105 Å². The smallest absolute Gasteiger partial charge is 0.747 e. The average Bonchev–Trinajstić information content (AvgIpc) is 2.48. The van der Waals surface area contributed by atoms with Crippen molar-refractivity contribution in [3.8, 4) is 0 Å². The molecule has 0 fully saturated rings. The summed E-state index contributed by atoms with van der Waals surface area (Å²) in [4.78, 5) is 24.9. The van der Waals surface area contributed by atoms with Gasteiger partial charge in [-0.2, -0.15) is 0 Å². The summed E-state index contributed by atoms with van der Waals surface area (Å²) >= 11 is 0. The van der Waals surface area contributed by atoms with Crippen molar-refractivity contribution in [3.63, 3.8) is 0 Å². The van der Waals surface area contributed by atoms with Gasteiger partial charge >= 0.3 is 41.5 Å². The van der Waals surface area contributed by atoms with Crippen LogP contribution in [0.3, 0.4) is 0 Å². The van der Waals surface area contributed by atoms with E-state index in [2.05, 4.69) is 0 Å². The molecule has 0 rings (SSSR count). The van der Waals surface area contributed by atoms with Crippen molar-refractivity contribution < 1.29 is 61.6 Å². The Bertz CT molecular complexity index is 610. The van der Waals surface area contributed by atoms with Crippen LogP contribution in [-0.4, -0.2) is 42.4 Å². The fourth-order valence-electron chi connectivity index (χ4n) is 3.42. The molecule has 9 heteroatoms. The Balaban J connectivity index is 0. The first-order valence-corrected chi connectivity index (χ1v) is 12.4. The molecule has 1 atom stereocenters. The van der Waals surface area contributed by atoms with Gasteiger partial charge in [0.2, 0.25) is 0 Å². The van der Waals surface area contributed by atoms with Crippen molar-refractivity contribution in [1.82, 2.24) is 0 Å². The fourth-order valence-corrected chi connectivity index (χ4v) is 4.05. The topological polar surface area (TPSA) is 110 Å². The summed E-state index contributed by atoms with van der Waals surface area (Å²) in [6.45, 7) is 15.8. The second-order valence-corrected chi connectivity index (χ2v) is 11.4. The van der Waals surface area contributed by atoms with Crippen LogP contribution in [0.25, 0.3) is 0 Å². The van der Waals surface area contributed by atoms with E-state index in [4.69, 9.17) is 9.47 Å². The van der Waals surface area contributed by atoms with Crippen molar-refractivity contribution in [2.24, 2.45) is 23.7 Å². The zero-order valence-electron chi connectivity index (χ0n) is 20.8. The van der Waals surface area contributed by atoms with Gasteiger partial charge in [0.05, 0.1) is 6.42 Å². The van der Waals surface area contributed by atoms with Crippen LogP contribution in [0.1, 0.15) is 87.5 Å². The van der Waals surface area contributed by atoms with Gasteiger partial charge in [-0.05, 0) is 49.4 Å². The summed E-state index contributed by atoms with van der Waals surface area (Å²) < 4.78 is 45.9. The summed E-state index contributed by atoms with van der Waals surface area (Å²) in [5, 5.41) is -2.09. The molecule has 0 heterocycles. The molecule has 0 bridgehead atoms. The molecule has 0 aliphatic carbocycles. The van der Waals surface area contributed by atoms with Crippen LogP contribution in [0, 0.1) is 23.7 Å². The van der Waals surface area contributed by atoms with E-state index in [0.717, 1.165) is 0 Å². The molecule has 31 heavy (non-hydrogen) atoms. The molecule has 0 amide bonds. The van der Waals surface area contributed by atoms with Crippen LogP contribution in [0.2, 0.25) is 0 Å². The Morgan fingerprint density at radius 1 is 0.710 bits per heavy atom. The van der Waals surface area contributed by atoms with Crippen LogP contribution in [0.15, 0.2) is 0 Å². The van der Waals surface area contributed by atoms with Gasteiger partial charge < -0.3 is 14.0 Å². The minimum absolute atomic E-state index is 0. The third kappa shape index (κ3) is 16.2. The number of rotatable bonds is 14. The molecule has 0 saturated heterocycles. The van der Waals surface area contributed by atoms with Gasteiger partial charge in [-0.3, -0.25) is 9.59 Å². The molecule has 0 aromatic carbocycles. The van der Waals surface area contributed by atoms with Crippen molar-refractivity contribution >= 4 is 22.1 Å². The summed E-state index contributed by atoms with van der Waals surface area (Å²) in [7, 11) is -5.07. The molecular weight excluding hydrogens is 431 g/mol. The predicted molar refractivity (Wildman–Crippen MR) is 116 cm³/mol. The molecule has 0 N–H and O–H groups in total. The molecule has 7 nitrogen and oxygen atoms in total. The van der Waals surface area contributed by atoms with Gasteiger partial charge in [0.15, 0.2) is 5.25 Å². The quantitative estimate of drug-likeness (QED) is 0.213. The monoisotopic (exact) mass is 472 g/mol. The predicted octanol–water partition coefficient (Wildman–Crippen LogP) is 1.30. The van der Waals surface area contributed by atoms with Crippen LogP contribution < -0.4 is 29.6 Å².